The second kappa shape index (κ2) is 7.46. The van der Waals surface area contributed by atoms with Gasteiger partial charge in [0, 0.05) is 26.4 Å². The molecule has 0 aromatic heterocycles. The number of methoxy groups -OCH3 is 5. The first-order chi connectivity index (χ1) is 13.0. The van der Waals surface area contributed by atoms with Crippen LogP contribution in [0, 0.1) is 0 Å². The highest BCUT2D eigenvalue weighted by atomic mass is 16.7. The Balaban J connectivity index is 2.18. The lowest BCUT2D eigenvalue weighted by molar-refractivity contribution is -0.222. The van der Waals surface area contributed by atoms with Crippen molar-refractivity contribution in [3.63, 3.8) is 0 Å². The largest absolute Gasteiger partial charge is 0.497 e. The standard InChI is InChI=1S/C20H22O7/c1-22-13-8-6-12(7-9-13)19-20(25-4,26-5)18(21)17-15(24-3)10-14(23-2)11-16(17)27-19/h6-11,19H,1-5H3. The average Bonchev–Trinajstić information content (AvgIpc) is 2.73. The van der Waals surface area contributed by atoms with Gasteiger partial charge in [0.05, 0.1) is 21.3 Å². The first-order valence-electron chi connectivity index (χ1n) is 8.26. The van der Waals surface area contributed by atoms with Gasteiger partial charge in [-0.1, -0.05) is 12.1 Å². The Bertz CT molecular complexity index is 825. The molecule has 27 heavy (non-hydrogen) atoms. The molecular formula is C20H22O7. The molecule has 0 amide bonds. The molecule has 7 heteroatoms. The third kappa shape index (κ3) is 2.98. The summed E-state index contributed by atoms with van der Waals surface area (Å²) in [6, 6.07) is 10.4. The molecule has 0 saturated carbocycles. The predicted molar refractivity (Wildman–Crippen MR) is 97.0 cm³/mol. The van der Waals surface area contributed by atoms with Gasteiger partial charge in [0.1, 0.15) is 28.6 Å². The van der Waals surface area contributed by atoms with Gasteiger partial charge in [-0.05, 0) is 17.7 Å². The van der Waals surface area contributed by atoms with E-state index in [9.17, 15) is 4.79 Å². The highest BCUT2D eigenvalue weighted by Crippen LogP contribution is 2.48. The summed E-state index contributed by atoms with van der Waals surface area (Å²) in [5, 5.41) is 0. The van der Waals surface area contributed by atoms with E-state index >= 15 is 0 Å². The van der Waals surface area contributed by atoms with Crippen LogP contribution in [0.4, 0.5) is 0 Å². The van der Waals surface area contributed by atoms with Gasteiger partial charge < -0.3 is 28.4 Å². The zero-order chi connectivity index (χ0) is 19.6. The van der Waals surface area contributed by atoms with Crippen LogP contribution in [0.5, 0.6) is 23.0 Å². The number of hydrogen-bond acceptors (Lipinski definition) is 7. The van der Waals surface area contributed by atoms with Crippen LogP contribution < -0.4 is 18.9 Å². The quantitative estimate of drug-likeness (QED) is 0.720. The molecule has 2 aromatic carbocycles. The number of carbonyl (C=O) groups excluding carboxylic acids is 1. The number of ketones is 1. The maximum atomic E-state index is 13.4. The van der Waals surface area contributed by atoms with Crippen molar-refractivity contribution in [3.05, 3.63) is 47.5 Å². The maximum absolute atomic E-state index is 13.4. The van der Waals surface area contributed by atoms with Crippen LogP contribution in [0.25, 0.3) is 0 Å². The van der Waals surface area contributed by atoms with Gasteiger partial charge in [-0.15, -0.1) is 0 Å². The van der Waals surface area contributed by atoms with Crippen LogP contribution in [0.3, 0.4) is 0 Å². The summed E-state index contributed by atoms with van der Waals surface area (Å²) in [5.41, 5.74) is 0.937. The summed E-state index contributed by atoms with van der Waals surface area (Å²) in [6.45, 7) is 0. The van der Waals surface area contributed by atoms with Crippen molar-refractivity contribution in [2.24, 2.45) is 0 Å². The highest BCUT2D eigenvalue weighted by molar-refractivity contribution is 6.07. The minimum Gasteiger partial charge on any atom is -0.497 e. The lowest BCUT2D eigenvalue weighted by atomic mass is 9.89. The first kappa shape index (κ1) is 19.0. The van der Waals surface area contributed by atoms with Crippen LogP contribution in [-0.2, 0) is 9.47 Å². The zero-order valence-corrected chi connectivity index (χ0v) is 15.9. The maximum Gasteiger partial charge on any atom is 0.276 e. The van der Waals surface area contributed by atoms with Gasteiger partial charge in [-0.3, -0.25) is 4.79 Å². The lowest BCUT2D eigenvalue weighted by Gasteiger charge is -2.41. The summed E-state index contributed by atoms with van der Waals surface area (Å²) in [4.78, 5) is 13.4. The van der Waals surface area contributed by atoms with E-state index in [-0.39, 0.29) is 5.56 Å². The minimum absolute atomic E-state index is 0.242. The third-order valence-corrected chi connectivity index (χ3v) is 4.65. The number of hydrogen-bond donors (Lipinski definition) is 0. The SMILES string of the molecule is COc1ccc(C2Oc3cc(OC)cc(OC)c3C(=O)C2(OC)OC)cc1. The molecule has 0 radical (unpaired) electrons. The molecule has 0 fully saturated rings. The van der Waals surface area contributed by atoms with Gasteiger partial charge in [0.15, 0.2) is 6.10 Å². The lowest BCUT2D eigenvalue weighted by Crippen LogP contribution is -2.53. The number of rotatable bonds is 6. The van der Waals surface area contributed by atoms with E-state index in [2.05, 4.69) is 0 Å². The van der Waals surface area contributed by atoms with E-state index < -0.39 is 17.7 Å². The molecule has 1 atom stereocenters. The molecule has 1 unspecified atom stereocenters. The van der Waals surface area contributed by atoms with Crippen LogP contribution >= 0.6 is 0 Å². The van der Waals surface area contributed by atoms with E-state index in [0.29, 0.717) is 28.6 Å². The Hall–Kier alpha value is -2.77. The topological polar surface area (TPSA) is 72.5 Å². The normalized spacial score (nSPS) is 17.7. The minimum atomic E-state index is -1.66. The number of fused-ring (bicyclic) bond motifs is 1. The van der Waals surface area contributed by atoms with Gasteiger partial charge in [-0.2, -0.15) is 0 Å². The molecule has 0 N–H and O–H groups in total. The van der Waals surface area contributed by atoms with E-state index in [1.807, 2.05) is 0 Å². The fraction of sp³-hybridized carbons (Fsp3) is 0.350. The van der Waals surface area contributed by atoms with E-state index in [0.717, 1.165) is 0 Å². The van der Waals surface area contributed by atoms with Crippen molar-refractivity contribution in [2.75, 3.05) is 35.5 Å². The fourth-order valence-electron chi connectivity index (χ4n) is 3.21. The van der Waals surface area contributed by atoms with Crippen molar-refractivity contribution in [2.45, 2.75) is 11.9 Å². The molecule has 0 saturated heterocycles. The van der Waals surface area contributed by atoms with E-state index in [1.165, 1.54) is 28.4 Å². The fourth-order valence-corrected chi connectivity index (χ4v) is 3.21. The molecule has 2 aromatic rings. The summed E-state index contributed by atoms with van der Waals surface area (Å²) in [5.74, 6) is -0.209. The number of carbonyl (C=O) groups is 1. The van der Waals surface area contributed by atoms with Crippen LogP contribution in [0.1, 0.15) is 22.0 Å². The van der Waals surface area contributed by atoms with Gasteiger partial charge in [-0.25, -0.2) is 0 Å². The molecule has 1 aliphatic rings. The molecular weight excluding hydrogens is 352 g/mol. The summed E-state index contributed by atoms with van der Waals surface area (Å²) >= 11 is 0. The number of benzene rings is 2. The van der Waals surface area contributed by atoms with Crippen molar-refractivity contribution in [3.8, 4) is 23.0 Å². The number of ether oxygens (including phenoxy) is 6. The first-order valence-corrected chi connectivity index (χ1v) is 8.26. The molecule has 7 nitrogen and oxygen atoms in total. The van der Waals surface area contributed by atoms with Crippen molar-refractivity contribution in [1.29, 1.82) is 0 Å². The van der Waals surface area contributed by atoms with Crippen molar-refractivity contribution < 1.29 is 33.2 Å². The molecule has 0 bridgehead atoms. The summed E-state index contributed by atoms with van der Waals surface area (Å²) in [6.07, 6.45) is -0.838. The average molecular weight is 374 g/mol. The van der Waals surface area contributed by atoms with E-state index in [1.54, 1.807) is 43.5 Å². The predicted octanol–water partition coefficient (Wildman–Crippen LogP) is 3.02. The van der Waals surface area contributed by atoms with Gasteiger partial charge in [0.2, 0.25) is 5.78 Å². The van der Waals surface area contributed by atoms with E-state index in [4.69, 9.17) is 28.4 Å². The number of Topliss-reactive ketones (excluding diaryl/α,β-unsaturated/α-hetero) is 1. The zero-order valence-electron chi connectivity index (χ0n) is 15.9. The highest BCUT2D eigenvalue weighted by Gasteiger charge is 2.55. The summed E-state index contributed by atoms with van der Waals surface area (Å²) < 4.78 is 33.1. The molecule has 1 heterocycles. The Labute approximate surface area is 157 Å². The van der Waals surface area contributed by atoms with Gasteiger partial charge >= 0.3 is 0 Å². The molecule has 0 aliphatic carbocycles. The summed E-state index contributed by atoms with van der Waals surface area (Å²) in [7, 11) is 7.39. The Morgan fingerprint density at radius 3 is 2.00 bits per heavy atom. The Morgan fingerprint density at radius 1 is 0.852 bits per heavy atom. The second-order valence-electron chi connectivity index (χ2n) is 5.88. The van der Waals surface area contributed by atoms with Crippen LogP contribution in [0.15, 0.2) is 36.4 Å². The smallest absolute Gasteiger partial charge is 0.276 e. The van der Waals surface area contributed by atoms with Crippen LogP contribution in [-0.4, -0.2) is 47.1 Å². The molecule has 144 valence electrons. The van der Waals surface area contributed by atoms with Crippen molar-refractivity contribution >= 4 is 5.78 Å². The third-order valence-electron chi connectivity index (χ3n) is 4.65. The second-order valence-corrected chi connectivity index (χ2v) is 5.88. The van der Waals surface area contributed by atoms with Gasteiger partial charge in [0.25, 0.3) is 5.79 Å². The van der Waals surface area contributed by atoms with Crippen LogP contribution in [0.2, 0.25) is 0 Å². The molecule has 0 spiro atoms. The Morgan fingerprint density at radius 2 is 1.48 bits per heavy atom. The monoisotopic (exact) mass is 374 g/mol. The molecule has 1 aliphatic heterocycles. The Kier molecular flexibility index (Phi) is 5.25. The molecule has 3 rings (SSSR count). The van der Waals surface area contributed by atoms with Crippen molar-refractivity contribution in [1.82, 2.24) is 0 Å².